The number of methoxy groups -OCH3 is 2. The number of carbonyl (C=O) groups excluding carboxylic acids is 1. The lowest BCUT2D eigenvalue weighted by molar-refractivity contribution is -0.136. The molecule has 0 bridgehead atoms. The lowest BCUT2D eigenvalue weighted by atomic mass is 9.80. The van der Waals surface area contributed by atoms with E-state index in [2.05, 4.69) is 23.5 Å². The van der Waals surface area contributed by atoms with Crippen molar-refractivity contribution >= 4 is 11.7 Å². The maximum absolute atomic E-state index is 12.4. The molecule has 1 N–H and O–H groups in total. The smallest absolute Gasteiger partial charge is 0.337 e. The zero-order valence-electron chi connectivity index (χ0n) is 14.4. The highest BCUT2D eigenvalue weighted by Crippen LogP contribution is 2.45. The van der Waals surface area contributed by atoms with Gasteiger partial charge in [-0.15, -0.1) is 0 Å². The van der Waals surface area contributed by atoms with Gasteiger partial charge in [0, 0.05) is 17.7 Å². The summed E-state index contributed by atoms with van der Waals surface area (Å²) < 4.78 is 16.1. The van der Waals surface area contributed by atoms with Crippen LogP contribution in [0.25, 0.3) is 0 Å². The van der Waals surface area contributed by atoms with Crippen LogP contribution in [0.5, 0.6) is 11.5 Å². The molecule has 2 aromatic carbocycles. The molecule has 2 aliphatic heterocycles. The van der Waals surface area contributed by atoms with Gasteiger partial charge in [-0.05, 0) is 41.8 Å². The normalized spacial score (nSPS) is 18.2. The molecule has 5 heteroatoms. The largest absolute Gasteiger partial charge is 0.497 e. The molecule has 0 saturated carbocycles. The van der Waals surface area contributed by atoms with E-state index in [-0.39, 0.29) is 18.5 Å². The quantitative estimate of drug-likeness (QED) is 0.870. The maximum atomic E-state index is 12.4. The Morgan fingerprint density at radius 1 is 1.08 bits per heavy atom. The Morgan fingerprint density at radius 3 is 2.48 bits per heavy atom. The van der Waals surface area contributed by atoms with Gasteiger partial charge in [-0.25, -0.2) is 4.79 Å². The number of aryl methyl sites for hydroxylation is 1. The highest BCUT2D eigenvalue weighted by Gasteiger charge is 2.38. The van der Waals surface area contributed by atoms with E-state index in [0.717, 1.165) is 28.1 Å². The van der Waals surface area contributed by atoms with E-state index in [1.165, 1.54) is 0 Å². The van der Waals surface area contributed by atoms with Gasteiger partial charge in [-0.2, -0.15) is 0 Å². The maximum Gasteiger partial charge on any atom is 0.337 e. The van der Waals surface area contributed by atoms with Gasteiger partial charge >= 0.3 is 5.97 Å². The van der Waals surface area contributed by atoms with Crippen LogP contribution < -0.4 is 14.8 Å². The third-order valence-electron chi connectivity index (χ3n) is 4.69. The third-order valence-corrected chi connectivity index (χ3v) is 4.69. The van der Waals surface area contributed by atoms with Gasteiger partial charge in [0.15, 0.2) is 0 Å². The van der Waals surface area contributed by atoms with Crippen LogP contribution in [0.1, 0.15) is 22.6 Å². The number of rotatable bonds is 3. The van der Waals surface area contributed by atoms with E-state index in [4.69, 9.17) is 14.2 Å². The van der Waals surface area contributed by atoms with Gasteiger partial charge in [0.05, 0.1) is 25.5 Å². The first kappa shape index (κ1) is 15.6. The zero-order valence-corrected chi connectivity index (χ0v) is 14.4. The highest BCUT2D eigenvalue weighted by atomic mass is 16.5. The minimum absolute atomic E-state index is 0.217. The number of cyclic esters (lactones) is 1. The Balaban J connectivity index is 1.94. The van der Waals surface area contributed by atoms with E-state index >= 15 is 0 Å². The van der Waals surface area contributed by atoms with Crippen LogP contribution in [0.3, 0.4) is 0 Å². The molecular weight excluding hydrogens is 318 g/mol. The fourth-order valence-corrected chi connectivity index (χ4v) is 3.50. The summed E-state index contributed by atoms with van der Waals surface area (Å²) in [5, 5.41) is 3.36. The van der Waals surface area contributed by atoms with Crippen molar-refractivity contribution in [3.8, 4) is 11.5 Å². The predicted molar refractivity (Wildman–Crippen MR) is 94.2 cm³/mol. The first-order chi connectivity index (χ1) is 12.1. The summed E-state index contributed by atoms with van der Waals surface area (Å²) in [6, 6.07) is 11.9. The zero-order chi connectivity index (χ0) is 17.6. The summed E-state index contributed by atoms with van der Waals surface area (Å²) in [5.41, 5.74) is 5.63. The number of benzene rings is 2. The molecule has 25 heavy (non-hydrogen) atoms. The summed E-state index contributed by atoms with van der Waals surface area (Å²) in [4.78, 5) is 12.4. The molecule has 0 spiro atoms. The monoisotopic (exact) mass is 337 g/mol. The Morgan fingerprint density at radius 2 is 1.80 bits per heavy atom. The number of hydrogen-bond donors (Lipinski definition) is 1. The van der Waals surface area contributed by atoms with Crippen LogP contribution in [-0.2, 0) is 9.53 Å². The lowest BCUT2D eigenvalue weighted by Gasteiger charge is -2.28. The number of esters is 1. The van der Waals surface area contributed by atoms with Crippen molar-refractivity contribution < 1.29 is 19.0 Å². The molecule has 0 radical (unpaired) electrons. The number of anilines is 1. The third kappa shape index (κ3) is 2.52. The second-order valence-electron chi connectivity index (χ2n) is 6.26. The van der Waals surface area contributed by atoms with Crippen molar-refractivity contribution in [1.29, 1.82) is 0 Å². The average molecular weight is 337 g/mol. The first-order valence-electron chi connectivity index (χ1n) is 8.11. The number of fused-ring (bicyclic) bond motifs is 1. The van der Waals surface area contributed by atoms with Crippen LogP contribution in [-0.4, -0.2) is 26.8 Å². The molecule has 1 unspecified atom stereocenters. The Kier molecular flexibility index (Phi) is 3.64. The molecule has 4 rings (SSSR count). The van der Waals surface area contributed by atoms with Crippen LogP contribution in [0.2, 0.25) is 0 Å². The molecular formula is C20H19NO4. The van der Waals surface area contributed by atoms with Gasteiger partial charge < -0.3 is 19.5 Å². The molecule has 1 atom stereocenters. The number of carbonyl (C=O) groups is 1. The Hall–Kier alpha value is -2.95. The molecule has 2 aromatic rings. The topological polar surface area (TPSA) is 56.8 Å². The van der Waals surface area contributed by atoms with E-state index in [0.29, 0.717) is 17.1 Å². The fourth-order valence-electron chi connectivity index (χ4n) is 3.50. The fraction of sp³-hybridized carbons (Fsp3) is 0.250. The minimum atomic E-state index is -0.277. The van der Waals surface area contributed by atoms with Gasteiger partial charge in [0.25, 0.3) is 0 Å². The van der Waals surface area contributed by atoms with Crippen molar-refractivity contribution in [2.24, 2.45) is 0 Å². The molecule has 5 nitrogen and oxygen atoms in total. The van der Waals surface area contributed by atoms with Crippen LogP contribution in [0.4, 0.5) is 5.69 Å². The van der Waals surface area contributed by atoms with Gasteiger partial charge in [0.2, 0.25) is 0 Å². The van der Waals surface area contributed by atoms with Gasteiger partial charge in [0.1, 0.15) is 18.1 Å². The Bertz CT molecular complexity index is 878. The van der Waals surface area contributed by atoms with Crippen LogP contribution in [0.15, 0.2) is 47.7 Å². The summed E-state index contributed by atoms with van der Waals surface area (Å²) in [6.07, 6.45) is 0. The molecule has 0 amide bonds. The van der Waals surface area contributed by atoms with E-state index in [1.807, 2.05) is 25.1 Å². The van der Waals surface area contributed by atoms with Crippen LogP contribution in [0, 0.1) is 6.92 Å². The summed E-state index contributed by atoms with van der Waals surface area (Å²) >= 11 is 0. The van der Waals surface area contributed by atoms with Crippen molar-refractivity contribution in [3.63, 3.8) is 0 Å². The highest BCUT2D eigenvalue weighted by molar-refractivity contribution is 5.97. The molecule has 0 saturated heterocycles. The minimum Gasteiger partial charge on any atom is -0.497 e. The molecule has 2 heterocycles. The second kappa shape index (κ2) is 5.84. The summed E-state index contributed by atoms with van der Waals surface area (Å²) in [6.45, 7) is 2.32. The van der Waals surface area contributed by atoms with E-state index in [9.17, 15) is 4.79 Å². The molecule has 2 aliphatic rings. The number of hydrogen-bond acceptors (Lipinski definition) is 5. The molecule has 128 valence electrons. The molecule has 0 fully saturated rings. The first-order valence-corrected chi connectivity index (χ1v) is 8.11. The molecule has 0 aromatic heterocycles. The van der Waals surface area contributed by atoms with Crippen LogP contribution >= 0.6 is 0 Å². The number of ether oxygens (including phenoxy) is 3. The predicted octanol–water partition coefficient (Wildman–Crippen LogP) is 3.38. The van der Waals surface area contributed by atoms with E-state index < -0.39 is 0 Å². The van der Waals surface area contributed by atoms with Crippen molar-refractivity contribution in [1.82, 2.24) is 0 Å². The van der Waals surface area contributed by atoms with E-state index in [1.54, 1.807) is 14.2 Å². The average Bonchev–Trinajstić information content (AvgIpc) is 2.99. The van der Waals surface area contributed by atoms with Gasteiger partial charge in [-0.3, -0.25) is 0 Å². The SMILES string of the molecule is COc1cc(OC)cc(C2C3=C(COC3=O)Nc3cc(C)ccc32)c1. The van der Waals surface area contributed by atoms with Crippen molar-refractivity contribution in [2.75, 3.05) is 26.1 Å². The van der Waals surface area contributed by atoms with Crippen molar-refractivity contribution in [3.05, 3.63) is 64.4 Å². The lowest BCUT2D eigenvalue weighted by Crippen LogP contribution is -2.20. The molecule has 0 aliphatic carbocycles. The summed E-state index contributed by atoms with van der Waals surface area (Å²) in [5.74, 6) is 0.886. The Labute approximate surface area is 146 Å². The standard InChI is InChI=1S/C20H19NO4/c1-11-4-5-15-16(6-11)21-17-10-25-20(22)19(17)18(15)12-7-13(23-2)9-14(8-12)24-3/h4-9,18,21H,10H2,1-3H3. The number of nitrogens with one attached hydrogen (secondary N) is 1. The second-order valence-corrected chi connectivity index (χ2v) is 6.26. The summed E-state index contributed by atoms with van der Waals surface area (Å²) in [7, 11) is 3.24. The van der Waals surface area contributed by atoms with Crippen molar-refractivity contribution in [2.45, 2.75) is 12.8 Å². The van der Waals surface area contributed by atoms with Gasteiger partial charge in [-0.1, -0.05) is 12.1 Å².